The van der Waals surface area contributed by atoms with Crippen LogP contribution in [0.15, 0.2) is 25.3 Å². The maximum Gasteiger partial charge on any atom is 0.324 e. The second-order valence-electron chi connectivity index (χ2n) is 3.65. The summed E-state index contributed by atoms with van der Waals surface area (Å²) in [5.41, 5.74) is 0. The number of nitrogens with zero attached hydrogens (tertiary/aromatic N) is 1. The van der Waals surface area contributed by atoms with Gasteiger partial charge >= 0.3 is 11.9 Å². The summed E-state index contributed by atoms with van der Waals surface area (Å²) in [6.45, 7) is 8.84. The predicted molar refractivity (Wildman–Crippen MR) is 62.3 cm³/mol. The zero-order valence-corrected chi connectivity index (χ0v) is 9.76. The Morgan fingerprint density at radius 1 is 1.18 bits per heavy atom. The molecule has 1 aliphatic rings. The maximum atomic E-state index is 11.7. The highest BCUT2D eigenvalue weighted by atomic mass is 16.5. The molecule has 1 fully saturated rings. The van der Waals surface area contributed by atoms with Crippen LogP contribution in [0.3, 0.4) is 0 Å². The van der Waals surface area contributed by atoms with E-state index in [1.165, 1.54) is 12.2 Å². The summed E-state index contributed by atoms with van der Waals surface area (Å²) >= 11 is 0. The zero-order valence-electron chi connectivity index (χ0n) is 9.76. The zero-order chi connectivity index (χ0) is 12.7. The van der Waals surface area contributed by atoms with Gasteiger partial charge < -0.3 is 9.47 Å². The molecule has 0 N–H and O–H groups in total. The maximum absolute atomic E-state index is 11.7. The lowest BCUT2D eigenvalue weighted by Crippen LogP contribution is -2.34. The van der Waals surface area contributed by atoms with Crippen LogP contribution in [0.1, 0.15) is 6.42 Å². The fourth-order valence-electron chi connectivity index (χ4n) is 1.34. The molecular weight excluding hydrogens is 222 g/mol. The smallest absolute Gasteiger partial charge is 0.324 e. The van der Waals surface area contributed by atoms with Crippen LogP contribution in [0.2, 0.25) is 0 Å². The molecule has 0 radical (unpaired) electrons. The molecule has 5 heteroatoms. The first-order chi connectivity index (χ1) is 8.19. The number of carbonyl (C=O) groups excluding carboxylic acids is 2. The number of carbonyl (C=O) groups is 2. The van der Waals surface area contributed by atoms with Crippen LogP contribution in [0, 0.1) is 0 Å². The van der Waals surface area contributed by atoms with Crippen LogP contribution in [0.25, 0.3) is 0 Å². The van der Waals surface area contributed by atoms with Gasteiger partial charge in [0.2, 0.25) is 0 Å². The van der Waals surface area contributed by atoms with Crippen LogP contribution in [-0.2, 0) is 19.1 Å². The molecule has 94 valence electrons. The highest BCUT2D eigenvalue weighted by Crippen LogP contribution is 2.16. The lowest BCUT2D eigenvalue weighted by atomic mass is 10.2. The van der Waals surface area contributed by atoms with Gasteiger partial charge in [0.25, 0.3) is 0 Å². The topological polar surface area (TPSA) is 55.6 Å². The van der Waals surface area contributed by atoms with E-state index in [1.54, 1.807) is 0 Å². The number of ether oxygens (including phenoxy) is 2. The first kappa shape index (κ1) is 13.4. The van der Waals surface area contributed by atoms with E-state index >= 15 is 0 Å². The first-order valence-electron chi connectivity index (χ1n) is 5.47. The Balaban J connectivity index is 2.42. The molecule has 17 heavy (non-hydrogen) atoms. The minimum absolute atomic E-state index is 0.0177. The van der Waals surface area contributed by atoms with Crippen molar-refractivity contribution in [3.05, 3.63) is 25.3 Å². The van der Waals surface area contributed by atoms with Gasteiger partial charge in [0, 0.05) is 13.1 Å². The molecule has 0 amide bonds. The van der Waals surface area contributed by atoms with E-state index in [0.29, 0.717) is 0 Å². The Labute approximate surface area is 101 Å². The summed E-state index contributed by atoms with van der Waals surface area (Å²) in [7, 11) is 0. The van der Waals surface area contributed by atoms with Crippen molar-refractivity contribution in [1.82, 2.24) is 4.90 Å². The average molecular weight is 239 g/mol. The lowest BCUT2D eigenvalue weighted by molar-refractivity contribution is -0.153. The Morgan fingerprint density at radius 2 is 1.76 bits per heavy atom. The molecule has 0 unspecified atom stereocenters. The Bertz CT molecular complexity index is 310. The highest BCUT2D eigenvalue weighted by molar-refractivity contribution is 5.83. The van der Waals surface area contributed by atoms with Crippen molar-refractivity contribution in [2.75, 3.05) is 26.3 Å². The van der Waals surface area contributed by atoms with E-state index < -0.39 is 18.0 Å². The molecule has 1 aliphatic heterocycles. The number of esters is 2. The third-order valence-corrected chi connectivity index (χ3v) is 2.26. The molecule has 0 aromatic heterocycles. The largest absolute Gasteiger partial charge is 0.461 e. The van der Waals surface area contributed by atoms with Gasteiger partial charge in [-0.3, -0.25) is 14.5 Å². The van der Waals surface area contributed by atoms with Crippen molar-refractivity contribution in [2.45, 2.75) is 12.5 Å². The molecule has 0 aliphatic carbocycles. The van der Waals surface area contributed by atoms with E-state index in [1.807, 2.05) is 4.90 Å². The average Bonchev–Trinajstić information content (AvgIpc) is 3.14. The van der Waals surface area contributed by atoms with Crippen molar-refractivity contribution in [2.24, 2.45) is 0 Å². The molecule has 0 spiro atoms. The fourth-order valence-corrected chi connectivity index (χ4v) is 1.34. The Kier molecular flexibility index (Phi) is 5.42. The van der Waals surface area contributed by atoms with Crippen molar-refractivity contribution >= 4 is 11.9 Å². The number of hydrogen-bond donors (Lipinski definition) is 0. The second kappa shape index (κ2) is 6.85. The molecule has 0 aromatic rings. The normalized spacial score (nSPS) is 15.8. The quantitative estimate of drug-likeness (QED) is 0.351. The molecule has 5 nitrogen and oxygen atoms in total. The van der Waals surface area contributed by atoms with E-state index in [2.05, 4.69) is 13.2 Å². The third-order valence-electron chi connectivity index (χ3n) is 2.26. The van der Waals surface area contributed by atoms with Gasteiger partial charge in [-0.25, -0.2) is 0 Å². The summed E-state index contributed by atoms with van der Waals surface area (Å²) in [4.78, 5) is 24.9. The van der Waals surface area contributed by atoms with Gasteiger partial charge in [-0.1, -0.05) is 25.3 Å². The first-order valence-corrected chi connectivity index (χ1v) is 5.47. The van der Waals surface area contributed by atoms with Gasteiger partial charge in [-0.05, 0) is 0 Å². The van der Waals surface area contributed by atoms with Crippen LogP contribution >= 0.6 is 0 Å². The molecule has 1 atom stereocenters. The van der Waals surface area contributed by atoms with Crippen LogP contribution in [0.5, 0.6) is 0 Å². The fraction of sp³-hybridized carbons (Fsp3) is 0.500. The molecule has 0 aromatic carbocycles. The summed E-state index contributed by atoms with van der Waals surface area (Å²) < 4.78 is 9.78. The Morgan fingerprint density at radius 3 is 2.29 bits per heavy atom. The lowest BCUT2D eigenvalue weighted by Gasteiger charge is -2.15. The standard InChI is InChI=1S/C12H17NO4/c1-3-7-16-11(14)9-10(13-5-6-13)12(15)17-8-4-2/h3-4,10H,1-2,5-9H2/t10-/m1/s1. The minimum Gasteiger partial charge on any atom is -0.461 e. The molecular formula is C12H17NO4. The van der Waals surface area contributed by atoms with Gasteiger partial charge in [-0.15, -0.1) is 0 Å². The monoisotopic (exact) mass is 239 g/mol. The summed E-state index contributed by atoms with van der Waals surface area (Å²) in [5.74, 6) is -0.824. The Hall–Kier alpha value is -1.62. The van der Waals surface area contributed by atoms with Crippen molar-refractivity contribution in [1.29, 1.82) is 0 Å². The number of rotatable bonds is 8. The predicted octanol–water partition coefficient (Wildman–Crippen LogP) is 0.519. The summed E-state index contributed by atoms with van der Waals surface area (Å²) in [5, 5.41) is 0. The van der Waals surface area contributed by atoms with Gasteiger partial charge in [-0.2, -0.15) is 0 Å². The number of hydrogen-bond acceptors (Lipinski definition) is 5. The van der Waals surface area contributed by atoms with E-state index in [9.17, 15) is 9.59 Å². The van der Waals surface area contributed by atoms with Crippen molar-refractivity contribution in [3.8, 4) is 0 Å². The summed E-state index contributed by atoms with van der Waals surface area (Å²) in [6, 6.07) is -0.535. The van der Waals surface area contributed by atoms with Gasteiger partial charge in [0.1, 0.15) is 19.3 Å². The molecule has 0 saturated carbocycles. The van der Waals surface area contributed by atoms with Crippen LogP contribution in [-0.4, -0.2) is 49.2 Å². The van der Waals surface area contributed by atoms with Crippen molar-refractivity contribution in [3.63, 3.8) is 0 Å². The van der Waals surface area contributed by atoms with Crippen LogP contribution in [0.4, 0.5) is 0 Å². The van der Waals surface area contributed by atoms with Crippen LogP contribution < -0.4 is 0 Å². The SMILES string of the molecule is C=CCOC(=O)C[C@H](C(=O)OCC=C)N1CC1. The van der Waals surface area contributed by atoms with E-state index in [4.69, 9.17) is 9.47 Å². The molecule has 0 bridgehead atoms. The van der Waals surface area contributed by atoms with E-state index in [0.717, 1.165) is 13.1 Å². The molecule has 1 heterocycles. The molecule has 1 rings (SSSR count). The summed E-state index contributed by atoms with van der Waals surface area (Å²) in [6.07, 6.45) is 3.00. The van der Waals surface area contributed by atoms with Gasteiger partial charge in [0.05, 0.1) is 6.42 Å². The third kappa shape index (κ3) is 4.82. The molecule has 1 saturated heterocycles. The van der Waals surface area contributed by atoms with E-state index in [-0.39, 0.29) is 19.6 Å². The minimum atomic E-state index is -0.535. The highest BCUT2D eigenvalue weighted by Gasteiger charge is 2.36. The van der Waals surface area contributed by atoms with Crippen molar-refractivity contribution < 1.29 is 19.1 Å². The van der Waals surface area contributed by atoms with Gasteiger partial charge in [0.15, 0.2) is 0 Å². The second-order valence-corrected chi connectivity index (χ2v) is 3.65.